The van der Waals surface area contributed by atoms with Crippen molar-refractivity contribution in [3.8, 4) is 0 Å². The summed E-state index contributed by atoms with van der Waals surface area (Å²) in [5, 5.41) is 2.56. The molecule has 16 heavy (non-hydrogen) atoms. The van der Waals surface area contributed by atoms with E-state index in [0.717, 1.165) is 6.08 Å². The summed E-state index contributed by atoms with van der Waals surface area (Å²) in [6.45, 7) is 10.1. The van der Waals surface area contributed by atoms with E-state index in [4.69, 9.17) is 0 Å². The lowest BCUT2D eigenvalue weighted by Gasteiger charge is -2.25. The fraction of sp³-hybridized carbons (Fsp3) is 0.700. The average Bonchev–Trinajstić information content (AvgIpc) is 1.97. The van der Waals surface area contributed by atoms with Crippen molar-refractivity contribution in [1.82, 2.24) is 10.0 Å². The number of nitrogens with one attached hydrogen (secondary N) is 2. The zero-order chi connectivity index (χ0) is 13.0. The van der Waals surface area contributed by atoms with Gasteiger partial charge in [-0.2, -0.15) is 0 Å². The van der Waals surface area contributed by atoms with Crippen molar-refractivity contribution >= 4 is 15.9 Å². The van der Waals surface area contributed by atoms with Gasteiger partial charge < -0.3 is 5.32 Å². The maximum Gasteiger partial charge on any atom is 0.243 e. The molecule has 0 aliphatic carbocycles. The number of sulfonamides is 1. The maximum absolute atomic E-state index is 11.6. The second-order valence-corrected chi connectivity index (χ2v) is 6.36. The Bertz CT molecular complexity index is 358. The van der Waals surface area contributed by atoms with Crippen molar-refractivity contribution in [2.24, 2.45) is 0 Å². The lowest BCUT2D eigenvalue weighted by molar-refractivity contribution is -0.117. The number of rotatable bonds is 6. The van der Waals surface area contributed by atoms with E-state index >= 15 is 0 Å². The molecule has 94 valence electrons. The third-order valence-electron chi connectivity index (χ3n) is 1.61. The molecule has 0 radical (unpaired) electrons. The average molecular weight is 248 g/mol. The van der Waals surface area contributed by atoms with Gasteiger partial charge in [0.25, 0.3) is 0 Å². The quantitative estimate of drug-likeness (QED) is 0.668. The largest absolute Gasteiger partial charge is 0.347 e. The summed E-state index contributed by atoms with van der Waals surface area (Å²) in [7, 11) is -3.39. The normalized spacial score (nSPS) is 12.6. The first-order valence-corrected chi connectivity index (χ1v) is 6.68. The smallest absolute Gasteiger partial charge is 0.243 e. The van der Waals surface area contributed by atoms with E-state index in [1.165, 1.54) is 0 Å². The molecule has 0 aliphatic rings. The minimum Gasteiger partial charge on any atom is -0.347 e. The first kappa shape index (κ1) is 15.1. The first-order valence-electron chi connectivity index (χ1n) is 5.02. The molecule has 5 nitrogen and oxygen atoms in total. The van der Waals surface area contributed by atoms with E-state index in [1.807, 2.05) is 0 Å². The Morgan fingerprint density at radius 1 is 1.44 bits per heavy atom. The molecule has 0 aromatic rings. The molecule has 6 heteroatoms. The van der Waals surface area contributed by atoms with Crippen molar-refractivity contribution < 1.29 is 13.2 Å². The molecule has 0 aromatic heterocycles. The van der Waals surface area contributed by atoms with Gasteiger partial charge in [-0.25, -0.2) is 13.1 Å². The van der Waals surface area contributed by atoms with Gasteiger partial charge in [-0.05, 0) is 33.8 Å². The number of hydrogen-bond donors (Lipinski definition) is 2. The van der Waals surface area contributed by atoms with Gasteiger partial charge in [0.05, 0.1) is 5.75 Å². The number of carbonyl (C=O) groups excluding carboxylic acids is 1. The van der Waals surface area contributed by atoms with Crippen LogP contribution >= 0.6 is 0 Å². The highest BCUT2D eigenvalue weighted by atomic mass is 32.2. The molecule has 0 atom stereocenters. The fourth-order valence-corrected chi connectivity index (χ4v) is 3.12. The third-order valence-corrected chi connectivity index (χ3v) is 3.55. The molecule has 1 amide bonds. The highest BCUT2D eigenvalue weighted by Gasteiger charge is 2.27. The van der Waals surface area contributed by atoms with Crippen LogP contribution in [0.15, 0.2) is 12.7 Å². The van der Waals surface area contributed by atoms with E-state index in [-0.39, 0.29) is 17.7 Å². The van der Waals surface area contributed by atoms with Crippen LogP contribution in [0.3, 0.4) is 0 Å². The Morgan fingerprint density at radius 2 is 1.94 bits per heavy atom. The van der Waals surface area contributed by atoms with Gasteiger partial charge in [0.15, 0.2) is 0 Å². The SMILES string of the molecule is C=CC(=O)NC(C)(C)CS(=O)(=O)NC(C)C. The summed E-state index contributed by atoms with van der Waals surface area (Å²) in [6.07, 6.45) is 1.12. The fourth-order valence-electron chi connectivity index (χ4n) is 1.30. The highest BCUT2D eigenvalue weighted by molar-refractivity contribution is 7.89. The van der Waals surface area contributed by atoms with E-state index in [2.05, 4.69) is 16.6 Å². The molecule has 0 fully saturated rings. The molecular weight excluding hydrogens is 228 g/mol. The minimum absolute atomic E-state index is 0.157. The topological polar surface area (TPSA) is 75.3 Å². The lowest BCUT2D eigenvalue weighted by Crippen LogP contribution is -2.50. The molecular formula is C10H20N2O3S. The Kier molecular flexibility index (Phi) is 5.15. The van der Waals surface area contributed by atoms with Gasteiger partial charge in [-0.3, -0.25) is 4.79 Å². The Balaban J connectivity index is 4.57. The molecule has 0 aliphatic heterocycles. The summed E-state index contributed by atoms with van der Waals surface area (Å²) in [5.41, 5.74) is -0.827. The van der Waals surface area contributed by atoms with Crippen LogP contribution in [0.2, 0.25) is 0 Å². The van der Waals surface area contributed by atoms with Gasteiger partial charge >= 0.3 is 0 Å². The van der Waals surface area contributed by atoms with Gasteiger partial charge in [0.1, 0.15) is 0 Å². The lowest BCUT2D eigenvalue weighted by atomic mass is 10.1. The molecule has 0 bridgehead atoms. The van der Waals surface area contributed by atoms with Crippen LogP contribution in [0.25, 0.3) is 0 Å². The number of carbonyl (C=O) groups is 1. The molecule has 0 rings (SSSR count). The predicted octanol–water partition coefficient (Wildman–Crippen LogP) is 0.395. The van der Waals surface area contributed by atoms with Crippen LogP contribution < -0.4 is 10.0 Å². The van der Waals surface area contributed by atoms with Crippen LogP contribution in [0.1, 0.15) is 27.7 Å². The van der Waals surface area contributed by atoms with Gasteiger partial charge in [-0.1, -0.05) is 6.58 Å². The van der Waals surface area contributed by atoms with Crippen LogP contribution in [0.5, 0.6) is 0 Å². The maximum atomic E-state index is 11.6. The zero-order valence-electron chi connectivity index (χ0n) is 10.2. The van der Waals surface area contributed by atoms with E-state index in [9.17, 15) is 13.2 Å². The summed E-state index contributed by atoms with van der Waals surface area (Å²) >= 11 is 0. The summed E-state index contributed by atoms with van der Waals surface area (Å²) in [4.78, 5) is 11.1. The third kappa shape index (κ3) is 6.58. The van der Waals surface area contributed by atoms with Crippen LogP contribution in [-0.4, -0.2) is 31.7 Å². The first-order chi connectivity index (χ1) is 7.08. The molecule has 0 saturated carbocycles. The predicted molar refractivity (Wildman–Crippen MR) is 64.5 cm³/mol. The number of amides is 1. The van der Waals surface area contributed by atoms with Gasteiger partial charge in [0, 0.05) is 11.6 Å². The standard InChI is InChI=1S/C10H20N2O3S/c1-6-9(13)11-10(4,5)7-16(14,15)12-8(2)3/h6,8,12H,1,7H2,2-5H3,(H,11,13). The summed E-state index contributed by atoms with van der Waals surface area (Å²) in [5.74, 6) is -0.553. The molecule has 0 heterocycles. The summed E-state index contributed by atoms with van der Waals surface area (Å²) < 4.78 is 25.7. The van der Waals surface area contributed by atoms with Gasteiger partial charge in [0.2, 0.25) is 15.9 Å². The zero-order valence-corrected chi connectivity index (χ0v) is 11.0. The van der Waals surface area contributed by atoms with Crippen LogP contribution in [-0.2, 0) is 14.8 Å². The molecule has 0 spiro atoms. The summed E-state index contributed by atoms with van der Waals surface area (Å²) in [6, 6.07) is -0.157. The van der Waals surface area contributed by atoms with E-state index in [0.29, 0.717) is 0 Å². The van der Waals surface area contributed by atoms with Crippen molar-refractivity contribution in [2.45, 2.75) is 39.3 Å². The van der Waals surface area contributed by atoms with Crippen molar-refractivity contribution in [3.63, 3.8) is 0 Å². The monoisotopic (exact) mass is 248 g/mol. The Morgan fingerprint density at radius 3 is 2.31 bits per heavy atom. The molecule has 2 N–H and O–H groups in total. The number of hydrogen-bond acceptors (Lipinski definition) is 3. The Labute approximate surface area is 97.4 Å². The van der Waals surface area contributed by atoms with Crippen LogP contribution in [0, 0.1) is 0 Å². The molecule has 0 aromatic carbocycles. The van der Waals surface area contributed by atoms with Crippen LogP contribution in [0.4, 0.5) is 0 Å². The Hall–Kier alpha value is -0.880. The molecule has 0 unspecified atom stereocenters. The second kappa shape index (κ2) is 5.45. The van der Waals surface area contributed by atoms with E-state index in [1.54, 1.807) is 27.7 Å². The van der Waals surface area contributed by atoms with Crippen molar-refractivity contribution in [2.75, 3.05) is 5.75 Å². The van der Waals surface area contributed by atoms with Crippen molar-refractivity contribution in [1.29, 1.82) is 0 Å². The minimum atomic E-state index is -3.39. The van der Waals surface area contributed by atoms with Crippen molar-refractivity contribution in [3.05, 3.63) is 12.7 Å². The van der Waals surface area contributed by atoms with Gasteiger partial charge in [-0.15, -0.1) is 0 Å². The highest BCUT2D eigenvalue weighted by Crippen LogP contribution is 2.06. The van der Waals surface area contributed by atoms with E-state index < -0.39 is 15.6 Å². The molecule has 0 saturated heterocycles. The second-order valence-electron chi connectivity index (χ2n) is 4.61.